The van der Waals surface area contributed by atoms with Crippen molar-refractivity contribution < 1.29 is 14.3 Å². The summed E-state index contributed by atoms with van der Waals surface area (Å²) in [6, 6.07) is 7.90. The van der Waals surface area contributed by atoms with Gasteiger partial charge in [0.1, 0.15) is 6.54 Å². The van der Waals surface area contributed by atoms with Crippen molar-refractivity contribution in [1.82, 2.24) is 4.57 Å². The third-order valence-corrected chi connectivity index (χ3v) is 4.75. The summed E-state index contributed by atoms with van der Waals surface area (Å²) < 4.78 is 6.91. The number of anilines is 1. The van der Waals surface area contributed by atoms with Crippen molar-refractivity contribution in [3.05, 3.63) is 52.3 Å². The van der Waals surface area contributed by atoms with Crippen molar-refractivity contribution in [2.45, 2.75) is 46.6 Å². The van der Waals surface area contributed by atoms with E-state index >= 15 is 0 Å². The van der Waals surface area contributed by atoms with E-state index in [1.807, 2.05) is 24.5 Å². The number of rotatable bonds is 5. The third-order valence-electron chi connectivity index (χ3n) is 4.75. The Morgan fingerprint density at radius 3 is 2.68 bits per heavy atom. The normalized spacial score (nSPS) is 12.8. The number of carbonyl (C=O) groups excluding carboxylic acids is 2. The van der Waals surface area contributed by atoms with Crippen molar-refractivity contribution in [1.29, 1.82) is 0 Å². The fraction of sp³-hybridized carbons (Fsp3) is 0.400. The summed E-state index contributed by atoms with van der Waals surface area (Å²) in [7, 11) is 0. The van der Waals surface area contributed by atoms with Gasteiger partial charge in [0.25, 0.3) is 0 Å². The van der Waals surface area contributed by atoms with Gasteiger partial charge in [0.2, 0.25) is 5.91 Å². The molecule has 0 aliphatic heterocycles. The van der Waals surface area contributed by atoms with Crippen LogP contribution >= 0.6 is 0 Å². The number of hydrogen-bond acceptors (Lipinski definition) is 3. The van der Waals surface area contributed by atoms with Crippen LogP contribution in [0.2, 0.25) is 0 Å². The van der Waals surface area contributed by atoms with Crippen LogP contribution in [0.3, 0.4) is 0 Å². The van der Waals surface area contributed by atoms with E-state index in [1.54, 1.807) is 13.0 Å². The summed E-state index contributed by atoms with van der Waals surface area (Å²) in [6.45, 7) is 6.01. The second-order valence-corrected chi connectivity index (χ2v) is 6.48. The van der Waals surface area contributed by atoms with E-state index in [4.69, 9.17) is 4.74 Å². The van der Waals surface area contributed by atoms with E-state index in [-0.39, 0.29) is 18.4 Å². The van der Waals surface area contributed by atoms with Crippen LogP contribution in [-0.4, -0.2) is 23.1 Å². The molecule has 0 fully saturated rings. The van der Waals surface area contributed by atoms with E-state index in [2.05, 4.69) is 17.4 Å². The molecule has 3 rings (SSSR count). The second-order valence-electron chi connectivity index (χ2n) is 6.48. The molecule has 0 radical (unpaired) electrons. The van der Waals surface area contributed by atoms with E-state index in [1.165, 1.54) is 17.5 Å². The molecular weight excluding hydrogens is 316 g/mol. The molecule has 1 N–H and O–H groups in total. The van der Waals surface area contributed by atoms with E-state index in [9.17, 15) is 9.59 Å². The van der Waals surface area contributed by atoms with Gasteiger partial charge in [-0.25, -0.2) is 4.79 Å². The molecule has 5 heteroatoms. The minimum atomic E-state index is -0.346. The van der Waals surface area contributed by atoms with E-state index in [0.29, 0.717) is 12.2 Å². The summed E-state index contributed by atoms with van der Waals surface area (Å²) in [6.07, 6.45) is 3.39. The van der Waals surface area contributed by atoms with Gasteiger partial charge < -0.3 is 14.6 Å². The second kappa shape index (κ2) is 7.13. The fourth-order valence-electron chi connectivity index (χ4n) is 3.45. The van der Waals surface area contributed by atoms with Crippen molar-refractivity contribution in [3.8, 4) is 0 Å². The highest BCUT2D eigenvalue weighted by Gasteiger charge is 2.18. The molecule has 0 spiro atoms. The lowest BCUT2D eigenvalue weighted by Crippen LogP contribution is -2.20. The van der Waals surface area contributed by atoms with Crippen LogP contribution in [0.1, 0.15) is 46.2 Å². The lowest BCUT2D eigenvalue weighted by atomic mass is 10.1. The number of carbonyl (C=O) groups is 2. The number of esters is 1. The molecular formula is C20H24N2O3. The van der Waals surface area contributed by atoms with Crippen LogP contribution < -0.4 is 5.32 Å². The maximum absolute atomic E-state index is 12.4. The lowest BCUT2D eigenvalue weighted by molar-refractivity contribution is -0.116. The Morgan fingerprint density at radius 1 is 1.16 bits per heavy atom. The molecule has 1 heterocycles. The maximum Gasteiger partial charge on any atom is 0.339 e. The molecule has 132 valence electrons. The number of hydrogen-bond donors (Lipinski definition) is 1. The Morgan fingerprint density at radius 2 is 1.92 bits per heavy atom. The highest BCUT2D eigenvalue weighted by atomic mass is 16.5. The van der Waals surface area contributed by atoms with Crippen molar-refractivity contribution >= 4 is 17.6 Å². The number of nitrogens with one attached hydrogen (secondary N) is 1. The van der Waals surface area contributed by atoms with Gasteiger partial charge in [-0.1, -0.05) is 6.07 Å². The van der Waals surface area contributed by atoms with Gasteiger partial charge in [0.15, 0.2) is 0 Å². The summed E-state index contributed by atoms with van der Waals surface area (Å²) in [5.41, 5.74) is 5.68. The van der Waals surface area contributed by atoms with Crippen molar-refractivity contribution in [2.75, 3.05) is 11.9 Å². The molecule has 1 aliphatic carbocycles. The summed E-state index contributed by atoms with van der Waals surface area (Å²) in [5, 5.41) is 2.96. The monoisotopic (exact) mass is 340 g/mol. The van der Waals surface area contributed by atoms with Crippen LogP contribution in [0.5, 0.6) is 0 Å². The number of nitrogens with zero attached hydrogens (tertiary/aromatic N) is 1. The highest BCUT2D eigenvalue weighted by Crippen LogP contribution is 2.25. The minimum absolute atomic E-state index is 0.102. The zero-order valence-corrected chi connectivity index (χ0v) is 15.0. The summed E-state index contributed by atoms with van der Waals surface area (Å²) in [4.78, 5) is 24.4. The third kappa shape index (κ3) is 3.60. The predicted octanol–water partition coefficient (Wildman–Crippen LogP) is 3.41. The quantitative estimate of drug-likeness (QED) is 0.849. The van der Waals surface area contributed by atoms with Crippen LogP contribution in [0.25, 0.3) is 0 Å². The van der Waals surface area contributed by atoms with Gasteiger partial charge in [-0.05, 0) is 69.4 Å². The molecule has 2 aromatic rings. The highest BCUT2D eigenvalue weighted by molar-refractivity contribution is 5.93. The van der Waals surface area contributed by atoms with Gasteiger partial charge in [0, 0.05) is 17.1 Å². The number of aromatic nitrogens is 1. The Balaban J connectivity index is 1.72. The Hall–Kier alpha value is -2.56. The van der Waals surface area contributed by atoms with Crippen LogP contribution in [0.4, 0.5) is 5.69 Å². The SMILES string of the molecule is CCOC(=O)c1cc(C)n(CC(=O)Nc2ccc3c(c2)CCC3)c1C. The first-order valence-corrected chi connectivity index (χ1v) is 8.75. The number of amides is 1. The van der Waals surface area contributed by atoms with Crippen LogP contribution in [0.15, 0.2) is 24.3 Å². The number of fused-ring (bicyclic) bond motifs is 1. The number of aryl methyl sites for hydroxylation is 3. The number of benzene rings is 1. The molecule has 0 atom stereocenters. The molecule has 1 amide bonds. The predicted molar refractivity (Wildman–Crippen MR) is 97.0 cm³/mol. The molecule has 5 nitrogen and oxygen atoms in total. The molecule has 0 bridgehead atoms. The van der Waals surface area contributed by atoms with Crippen LogP contribution in [-0.2, 0) is 28.9 Å². The number of ether oxygens (including phenoxy) is 1. The first-order chi connectivity index (χ1) is 12.0. The average Bonchev–Trinajstić information content (AvgIpc) is 3.14. The van der Waals surface area contributed by atoms with E-state index in [0.717, 1.165) is 29.9 Å². The summed E-state index contributed by atoms with van der Waals surface area (Å²) in [5.74, 6) is -0.448. The molecule has 0 unspecified atom stereocenters. The molecule has 1 aromatic carbocycles. The summed E-state index contributed by atoms with van der Waals surface area (Å²) >= 11 is 0. The van der Waals surface area contributed by atoms with Crippen molar-refractivity contribution in [3.63, 3.8) is 0 Å². The molecule has 25 heavy (non-hydrogen) atoms. The molecule has 0 saturated carbocycles. The Bertz CT molecular complexity index is 821. The van der Waals surface area contributed by atoms with Gasteiger partial charge in [-0.15, -0.1) is 0 Å². The Labute approximate surface area is 148 Å². The molecule has 0 saturated heterocycles. The van der Waals surface area contributed by atoms with Gasteiger partial charge >= 0.3 is 5.97 Å². The fourth-order valence-corrected chi connectivity index (χ4v) is 3.45. The first kappa shape index (κ1) is 17.3. The lowest BCUT2D eigenvalue weighted by Gasteiger charge is -2.11. The largest absolute Gasteiger partial charge is 0.462 e. The van der Waals surface area contributed by atoms with Crippen molar-refractivity contribution in [2.24, 2.45) is 0 Å². The topological polar surface area (TPSA) is 60.3 Å². The Kier molecular flexibility index (Phi) is 4.93. The minimum Gasteiger partial charge on any atom is -0.462 e. The standard InChI is InChI=1S/C20H24N2O3/c1-4-25-20(24)18-10-13(2)22(14(18)3)12-19(23)21-17-9-8-15-6-5-7-16(15)11-17/h8-11H,4-7,12H2,1-3H3,(H,21,23). The van der Waals surface area contributed by atoms with Gasteiger partial charge in [0.05, 0.1) is 12.2 Å². The zero-order valence-electron chi connectivity index (χ0n) is 15.0. The maximum atomic E-state index is 12.4. The molecule has 1 aliphatic rings. The van der Waals surface area contributed by atoms with Gasteiger partial charge in [-0.2, -0.15) is 0 Å². The smallest absolute Gasteiger partial charge is 0.339 e. The first-order valence-electron chi connectivity index (χ1n) is 8.75. The zero-order chi connectivity index (χ0) is 18.0. The van der Waals surface area contributed by atoms with Crippen LogP contribution in [0, 0.1) is 13.8 Å². The average molecular weight is 340 g/mol. The molecule has 1 aromatic heterocycles. The van der Waals surface area contributed by atoms with E-state index < -0.39 is 0 Å². The van der Waals surface area contributed by atoms with Gasteiger partial charge in [-0.3, -0.25) is 4.79 Å².